The number of anilines is 3. The molecule has 0 N–H and O–H groups in total. The zero-order valence-electron chi connectivity index (χ0n) is 25.3. The van der Waals surface area contributed by atoms with Crippen LogP contribution in [0.15, 0.2) is 156 Å². The van der Waals surface area contributed by atoms with E-state index in [0.717, 1.165) is 44.4 Å². The van der Waals surface area contributed by atoms with Crippen LogP contribution in [-0.4, -0.2) is 0 Å². The van der Waals surface area contributed by atoms with Crippen LogP contribution < -0.4 is 4.90 Å². The number of fused-ring (bicyclic) bond motifs is 8. The fraction of sp³-hybridized carbons (Fsp3) is 0.0698. The second kappa shape index (κ2) is 9.70. The van der Waals surface area contributed by atoms with Gasteiger partial charge in [0.05, 0.1) is 5.69 Å². The Balaban J connectivity index is 1.23. The number of hydrogen-bond acceptors (Lipinski definition) is 2. The number of para-hydroxylation sites is 2. The zero-order valence-corrected chi connectivity index (χ0v) is 25.3. The van der Waals surface area contributed by atoms with Crippen molar-refractivity contribution in [3.05, 3.63) is 163 Å². The van der Waals surface area contributed by atoms with E-state index in [2.05, 4.69) is 158 Å². The molecule has 45 heavy (non-hydrogen) atoms. The highest BCUT2D eigenvalue weighted by atomic mass is 16.3. The normalized spacial score (nSPS) is 13.3. The molecule has 1 aliphatic rings. The van der Waals surface area contributed by atoms with Gasteiger partial charge in [-0.3, -0.25) is 0 Å². The van der Waals surface area contributed by atoms with Crippen molar-refractivity contribution in [1.82, 2.24) is 0 Å². The van der Waals surface area contributed by atoms with Crippen molar-refractivity contribution in [3.8, 4) is 22.3 Å². The van der Waals surface area contributed by atoms with Crippen LogP contribution in [-0.2, 0) is 5.41 Å². The summed E-state index contributed by atoms with van der Waals surface area (Å²) in [7, 11) is 0. The lowest BCUT2D eigenvalue weighted by atomic mass is 9.80. The maximum Gasteiger partial charge on any atom is 0.136 e. The number of nitrogens with zero attached hydrogens (tertiary/aromatic N) is 1. The third-order valence-corrected chi connectivity index (χ3v) is 9.62. The Morgan fingerprint density at radius 1 is 0.511 bits per heavy atom. The predicted octanol–water partition coefficient (Wildman–Crippen LogP) is 12.2. The average molecular weight is 578 g/mol. The minimum atomic E-state index is -0.122. The van der Waals surface area contributed by atoms with E-state index in [9.17, 15) is 0 Å². The van der Waals surface area contributed by atoms with Gasteiger partial charge in [-0.05, 0) is 87.1 Å². The third-order valence-electron chi connectivity index (χ3n) is 9.62. The number of hydrogen-bond donors (Lipinski definition) is 0. The van der Waals surface area contributed by atoms with Crippen molar-refractivity contribution in [2.24, 2.45) is 0 Å². The van der Waals surface area contributed by atoms with Crippen molar-refractivity contribution in [3.63, 3.8) is 0 Å². The molecule has 0 spiro atoms. The molecule has 0 saturated heterocycles. The molecular weight excluding hydrogens is 546 g/mol. The molecule has 8 aromatic rings. The lowest BCUT2D eigenvalue weighted by Crippen LogP contribution is -2.16. The van der Waals surface area contributed by atoms with E-state index < -0.39 is 0 Å². The van der Waals surface area contributed by atoms with Crippen molar-refractivity contribution in [2.75, 3.05) is 4.90 Å². The van der Waals surface area contributed by atoms with Crippen LogP contribution in [0.4, 0.5) is 17.1 Å². The van der Waals surface area contributed by atoms with Crippen LogP contribution in [0, 0.1) is 0 Å². The summed E-state index contributed by atoms with van der Waals surface area (Å²) in [4.78, 5) is 2.43. The van der Waals surface area contributed by atoms with Gasteiger partial charge in [0.25, 0.3) is 0 Å². The van der Waals surface area contributed by atoms with Crippen LogP contribution in [0.2, 0.25) is 0 Å². The minimum Gasteiger partial charge on any atom is -0.456 e. The predicted molar refractivity (Wildman–Crippen MR) is 189 cm³/mol. The minimum absolute atomic E-state index is 0.122. The molecule has 0 radical (unpaired) electrons. The van der Waals surface area contributed by atoms with Crippen LogP contribution in [0.3, 0.4) is 0 Å². The molecule has 2 heteroatoms. The fourth-order valence-corrected chi connectivity index (χ4v) is 7.52. The SMILES string of the molecule is CC1(C)c2ccccc2-c2c(N(c3ccccc3)c3ccc(-c4ccc5c(c4)oc4ccccc45)cc3)cc3ccccc3c21. The Morgan fingerprint density at radius 2 is 1.16 bits per heavy atom. The van der Waals surface area contributed by atoms with Gasteiger partial charge in [0.2, 0.25) is 0 Å². The van der Waals surface area contributed by atoms with E-state index in [1.165, 1.54) is 38.7 Å². The summed E-state index contributed by atoms with van der Waals surface area (Å²) in [6.07, 6.45) is 0. The van der Waals surface area contributed by atoms with Gasteiger partial charge in [-0.15, -0.1) is 0 Å². The first-order valence-corrected chi connectivity index (χ1v) is 15.6. The van der Waals surface area contributed by atoms with Gasteiger partial charge in [0.1, 0.15) is 11.2 Å². The third kappa shape index (κ3) is 3.89. The van der Waals surface area contributed by atoms with Crippen molar-refractivity contribution in [1.29, 1.82) is 0 Å². The lowest BCUT2D eigenvalue weighted by Gasteiger charge is -2.30. The molecule has 2 nitrogen and oxygen atoms in total. The second-order valence-corrected chi connectivity index (χ2v) is 12.6. The summed E-state index contributed by atoms with van der Waals surface area (Å²) in [5.41, 5.74) is 12.9. The second-order valence-electron chi connectivity index (χ2n) is 12.6. The van der Waals surface area contributed by atoms with Gasteiger partial charge in [0.15, 0.2) is 0 Å². The molecule has 1 aliphatic carbocycles. The molecule has 0 saturated carbocycles. The zero-order chi connectivity index (χ0) is 30.1. The summed E-state index contributed by atoms with van der Waals surface area (Å²) in [5, 5.41) is 4.88. The Kier molecular flexibility index (Phi) is 5.58. The highest BCUT2D eigenvalue weighted by Crippen LogP contribution is 2.56. The average Bonchev–Trinajstić information content (AvgIpc) is 3.58. The number of benzene rings is 7. The monoisotopic (exact) mass is 577 g/mol. The quantitative estimate of drug-likeness (QED) is 0.207. The molecule has 1 aromatic heterocycles. The maximum atomic E-state index is 6.21. The van der Waals surface area contributed by atoms with Gasteiger partial charge < -0.3 is 9.32 Å². The molecule has 0 bridgehead atoms. The molecule has 0 amide bonds. The van der Waals surface area contributed by atoms with Gasteiger partial charge in [-0.1, -0.05) is 117 Å². The standard InChI is InChI=1S/C43H31NO/c1-43(2)37-18-10-8-17-36(37)41-38(26-30-12-6-7-15-33(30)42(41)43)44(31-13-4-3-5-14-31)32-23-20-28(21-24-32)29-22-25-35-34-16-9-11-19-39(34)45-40(35)27-29/h3-27H,1-2H3. The molecule has 9 rings (SSSR count). The molecule has 214 valence electrons. The molecule has 0 fully saturated rings. The van der Waals surface area contributed by atoms with Crippen LogP contribution >= 0.6 is 0 Å². The summed E-state index contributed by atoms with van der Waals surface area (Å²) < 4.78 is 6.21. The first-order chi connectivity index (χ1) is 22.1. The van der Waals surface area contributed by atoms with Gasteiger partial charge in [-0.2, -0.15) is 0 Å². The summed E-state index contributed by atoms with van der Waals surface area (Å²) in [6, 6.07) is 54.6. The fourth-order valence-electron chi connectivity index (χ4n) is 7.52. The molecule has 1 heterocycles. The van der Waals surface area contributed by atoms with E-state index in [-0.39, 0.29) is 5.41 Å². The molecular formula is C43H31NO. The van der Waals surface area contributed by atoms with Crippen LogP contribution in [0.1, 0.15) is 25.0 Å². The molecule has 7 aromatic carbocycles. The Labute approximate surface area is 262 Å². The van der Waals surface area contributed by atoms with Crippen molar-refractivity contribution < 1.29 is 4.42 Å². The summed E-state index contributed by atoms with van der Waals surface area (Å²) in [5.74, 6) is 0. The first kappa shape index (κ1) is 25.9. The van der Waals surface area contributed by atoms with Gasteiger partial charge in [0, 0.05) is 33.1 Å². The molecule has 0 unspecified atom stereocenters. The largest absolute Gasteiger partial charge is 0.456 e. The Bertz CT molecular complexity index is 2400. The first-order valence-electron chi connectivity index (χ1n) is 15.6. The maximum absolute atomic E-state index is 6.21. The summed E-state index contributed by atoms with van der Waals surface area (Å²) in [6.45, 7) is 4.74. The van der Waals surface area contributed by atoms with Crippen LogP contribution in [0.5, 0.6) is 0 Å². The smallest absolute Gasteiger partial charge is 0.136 e. The van der Waals surface area contributed by atoms with Crippen molar-refractivity contribution >= 4 is 49.8 Å². The highest BCUT2D eigenvalue weighted by molar-refractivity contribution is 6.07. The Morgan fingerprint density at radius 3 is 2.00 bits per heavy atom. The van der Waals surface area contributed by atoms with E-state index >= 15 is 0 Å². The van der Waals surface area contributed by atoms with Gasteiger partial charge >= 0.3 is 0 Å². The summed E-state index contributed by atoms with van der Waals surface area (Å²) >= 11 is 0. The van der Waals surface area contributed by atoms with E-state index in [1.807, 2.05) is 12.1 Å². The van der Waals surface area contributed by atoms with Gasteiger partial charge in [-0.25, -0.2) is 0 Å². The Hall–Kier alpha value is -5.60. The van der Waals surface area contributed by atoms with Crippen LogP contribution in [0.25, 0.3) is 55.0 Å². The molecule has 0 aliphatic heterocycles. The molecule has 0 atom stereocenters. The van der Waals surface area contributed by atoms with E-state index in [0.29, 0.717) is 0 Å². The van der Waals surface area contributed by atoms with E-state index in [4.69, 9.17) is 4.42 Å². The highest BCUT2D eigenvalue weighted by Gasteiger charge is 2.39. The topological polar surface area (TPSA) is 16.4 Å². The number of rotatable bonds is 4. The van der Waals surface area contributed by atoms with E-state index in [1.54, 1.807) is 0 Å². The number of furan rings is 1. The van der Waals surface area contributed by atoms with Crippen molar-refractivity contribution in [2.45, 2.75) is 19.3 Å². The lowest BCUT2D eigenvalue weighted by molar-refractivity contribution is 0.666.